The monoisotopic (exact) mass is 297 g/mol. The minimum Gasteiger partial charge on any atom is -0.384 e. The Kier molecular flexibility index (Phi) is 6.27. The van der Waals surface area contributed by atoms with Crippen LogP contribution in [0.4, 0.5) is 5.82 Å². The molecule has 1 heterocycles. The van der Waals surface area contributed by atoms with E-state index in [9.17, 15) is 4.79 Å². The lowest BCUT2D eigenvalue weighted by molar-refractivity contribution is 0.0640. The second-order valence-corrected chi connectivity index (χ2v) is 5.82. The predicted molar refractivity (Wildman–Crippen MR) is 83.9 cm³/mol. The molecule has 20 heavy (non-hydrogen) atoms. The Morgan fingerprint density at radius 1 is 1.40 bits per heavy atom. The van der Waals surface area contributed by atoms with Gasteiger partial charge in [-0.25, -0.2) is 4.98 Å². The SMILES string of the molecule is CCC(CC)N(CC(C)C)C(=O)c1cc(N)ncc1Cl. The number of aromatic nitrogens is 1. The summed E-state index contributed by atoms with van der Waals surface area (Å²) < 4.78 is 0. The normalized spacial score (nSPS) is 11.2. The average Bonchev–Trinajstić information content (AvgIpc) is 2.40. The largest absolute Gasteiger partial charge is 0.384 e. The van der Waals surface area contributed by atoms with E-state index in [0.29, 0.717) is 28.9 Å². The molecule has 0 aliphatic carbocycles. The first-order valence-corrected chi connectivity index (χ1v) is 7.50. The molecule has 0 aliphatic rings. The molecule has 0 fully saturated rings. The standard InChI is InChI=1S/C15H24ClN3O/c1-5-11(6-2)19(9-10(3)4)15(20)12-7-14(17)18-8-13(12)16/h7-8,10-11H,5-6,9H2,1-4H3,(H2,17,18). The maximum Gasteiger partial charge on any atom is 0.255 e. The number of carbonyl (C=O) groups is 1. The Bertz CT molecular complexity index is 458. The van der Waals surface area contributed by atoms with Gasteiger partial charge < -0.3 is 10.6 Å². The molecule has 5 heteroatoms. The van der Waals surface area contributed by atoms with Crippen molar-refractivity contribution >= 4 is 23.3 Å². The molecule has 0 unspecified atom stereocenters. The van der Waals surface area contributed by atoms with E-state index < -0.39 is 0 Å². The minimum absolute atomic E-state index is 0.0634. The number of carbonyl (C=O) groups excluding carboxylic acids is 1. The molecule has 4 nitrogen and oxygen atoms in total. The molecule has 0 bridgehead atoms. The van der Waals surface area contributed by atoms with Crippen LogP contribution >= 0.6 is 11.6 Å². The summed E-state index contributed by atoms with van der Waals surface area (Å²) in [6.07, 6.45) is 3.28. The molecule has 0 aliphatic heterocycles. The molecule has 0 saturated carbocycles. The molecular weight excluding hydrogens is 274 g/mol. The van der Waals surface area contributed by atoms with Gasteiger partial charge in [-0.1, -0.05) is 39.3 Å². The first-order chi connectivity index (χ1) is 9.40. The Labute approximate surface area is 126 Å². The van der Waals surface area contributed by atoms with Crippen LogP contribution in [0.1, 0.15) is 50.9 Å². The second-order valence-electron chi connectivity index (χ2n) is 5.41. The lowest BCUT2D eigenvalue weighted by Gasteiger charge is -2.32. The number of nitrogen functional groups attached to an aromatic ring is 1. The van der Waals surface area contributed by atoms with Crippen LogP contribution in [0.15, 0.2) is 12.3 Å². The van der Waals surface area contributed by atoms with Gasteiger partial charge in [0.1, 0.15) is 5.82 Å². The first-order valence-electron chi connectivity index (χ1n) is 7.12. The Hall–Kier alpha value is -1.29. The number of halogens is 1. The third-order valence-electron chi connectivity index (χ3n) is 3.31. The zero-order valence-corrected chi connectivity index (χ0v) is 13.4. The van der Waals surface area contributed by atoms with Gasteiger partial charge in [0.25, 0.3) is 5.91 Å². The highest BCUT2D eigenvalue weighted by atomic mass is 35.5. The third kappa shape index (κ3) is 4.10. The number of pyridine rings is 1. The van der Waals surface area contributed by atoms with Crippen molar-refractivity contribution in [3.8, 4) is 0 Å². The van der Waals surface area contributed by atoms with Crippen LogP contribution in [0.2, 0.25) is 5.02 Å². The molecule has 1 aromatic heterocycles. The molecule has 0 radical (unpaired) electrons. The van der Waals surface area contributed by atoms with Crippen LogP contribution in [0.25, 0.3) is 0 Å². The highest BCUT2D eigenvalue weighted by Crippen LogP contribution is 2.22. The highest BCUT2D eigenvalue weighted by Gasteiger charge is 2.25. The van der Waals surface area contributed by atoms with Gasteiger partial charge in [0.2, 0.25) is 0 Å². The van der Waals surface area contributed by atoms with Crippen molar-refractivity contribution in [2.75, 3.05) is 12.3 Å². The fourth-order valence-electron chi connectivity index (χ4n) is 2.29. The quantitative estimate of drug-likeness (QED) is 0.872. The Balaban J connectivity index is 3.12. The number of rotatable bonds is 6. The summed E-state index contributed by atoms with van der Waals surface area (Å²) in [6.45, 7) is 9.11. The van der Waals surface area contributed by atoms with Gasteiger partial charge in [-0.15, -0.1) is 0 Å². The molecular formula is C15H24ClN3O. The number of hydrogen-bond donors (Lipinski definition) is 1. The smallest absolute Gasteiger partial charge is 0.255 e. The van der Waals surface area contributed by atoms with Gasteiger partial charge in [-0.3, -0.25) is 4.79 Å². The summed E-state index contributed by atoms with van der Waals surface area (Å²) in [4.78, 5) is 18.6. The molecule has 2 N–H and O–H groups in total. The topological polar surface area (TPSA) is 59.2 Å². The molecule has 1 rings (SSSR count). The van der Waals surface area contributed by atoms with Crippen LogP contribution in [-0.2, 0) is 0 Å². The van der Waals surface area contributed by atoms with Crippen LogP contribution in [0, 0.1) is 5.92 Å². The van der Waals surface area contributed by atoms with Gasteiger partial charge in [-0.2, -0.15) is 0 Å². The van der Waals surface area contributed by atoms with Crippen molar-refractivity contribution < 1.29 is 4.79 Å². The molecule has 1 aromatic rings. The lowest BCUT2D eigenvalue weighted by atomic mass is 10.1. The molecule has 1 amide bonds. The lowest BCUT2D eigenvalue weighted by Crippen LogP contribution is -2.42. The summed E-state index contributed by atoms with van der Waals surface area (Å²) in [6, 6.07) is 1.77. The molecule has 0 aromatic carbocycles. The van der Waals surface area contributed by atoms with Crippen LogP contribution < -0.4 is 5.73 Å². The van der Waals surface area contributed by atoms with Gasteiger partial charge >= 0.3 is 0 Å². The van der Waals surface area contributed by atoms with E-state index in [1.807, 2.05) is 4.90 Å². The molecule has 0 saturated heterocycles. The number of nitrogens with two attached hydrogens (primary N) is 1. The van der Waals surface area contributed by atoms with Gasteiger partial charge in [0.05, 0.1) is 10.6 Å². The summed E-state index contributed by atoms with van der Waals surface area (Å²) >= 11 is 6.10. The van der Waals surface area contributed by atoms with Gasteiger partial charge in [-0.05, 0) is 24.8 Å². The maximum absolute atomic E-state index is 12.8. The van der Waals surface area contributed by atoms with Crippen LogP contribution in [0.5, 0.6) is 0 Å². The van der Waals surface area contributed by atoms with Crippen molar-refractivity contribution in [1.29, 1.82) is 0 Å². The van der Waals surface area contributed by atoms with Crippen LogP contribution in [0.3, 0.4) is 0 Å². The number of nitrogens with zero attached hydrogens (tertiary/aromatic N) is 2. The summed E-state index contributed by atoms with van der Waals surface area (Å²) in [7, 11) is 0. The van der Waals surface area contributed by atoms with Crippen molar-refractivity contribution in [3.05, 3.63) is 22.8 Å². The van der Waals surface area contributed by atoms with Crippen molar-refractivity contribution in [3.63, 3.8) is 0 Å². The van der Waals surface area contributed by atoms with Crippen molar-refractivity contribution in [1.82, 2.24) is 9.88 Å². The fraction of sp³-hybridized carbons (Fsp3) is 0.600. The van der Waals surface area contributed by atoms with Gasteiger partial charge in [0, 0.05) is 18.8 Å². The zero-order valence-electron chi connectivity index (χ0n) is 12.7. The summed E-state index contributed by atoms with van der Waals surface area (Å²) in [5, 5.41) is 0.351. The van der Waals surface area contributed by atoms with Crippen molar-refractivity contribution in [2.45, 2.75) is 46.6 Å². The van der Waals surface area contributed by atoms with E-state index >= 15 is 0 Å². The highest BCUT2D eigenvalue weighted by molar-refractivity contribution is 6.33. The van der Waals surface area contributed by atoms with Gasteiger partial charge in [0.15, 0.2) is 0 Å². The van der Waals surface area contributed by atoms with E-state index in [1.165, 1.54) is 6.20 Å². The van der Waals surface area contributed by atoms with E-state index in [1.54, 1.807) is 6.07 Å². The second kappa shape index (κ2) is 7.48. The predicted octanol–water partition coefficient (Wildman–Crippen LogP) is 3.60. The first kappa shape index (κ1) is 16.8. The minimum atomic E-state index is -0.0634. The van der Waals surface area contributed by atoms with E-state index in [4.69, 9.17) is 17.3 Å². The van der Waals surface area contributed by atoms with E-state index in [-0.39, 0.29) is 11.9 Å². The molecule has 0 atom stereocenters. The zero-order chi connectivity index (χ0) is 15.3. The number of amides is 1. The van der Waals surface area contributed by atoms with Crippen LogP contribution in [-0.4, -0.2) is 28.4 Å². The number of hydrogen-bond acceptors (Lipinski definition) is 3. The third-order valence-corrected chi connectivity index (χ3v) is 3.61. The van der Waals surface area contributed by atoms with E-state index in [2.05, 4.69) is 32.7 Å². The van der Waals surface area contributed by atoms with E-state index in [0.717, 1.165) is 12.8 Å². The Morgan fingerprint density at radius 3 is 2.50 bits per heavy atom. The Morgan fingerprint density at radius 2 is 2.00 bits per heavy atom. The average molecular weight is 298 g/mol. The number of anilines is 1. The molecule has 0 spiro atoms. The fourth-order valence-corrected chi connectivity index (χ4v) is 2.48. The summed E-state index contributed by atoms with van der Waals surface area (Å²) in [5.41, 5.74) is 6.10. The van der Waals surface area contributed by atoms with Crippen molar-refractivity contribution in [2.24, 2.45) is 5.92 Å². The summed E-state index contributed by atoms with van der Waals surface area (Å²) in [5.74, 6) is 0.649. The maximum atomic E-state index is 12.8. The molecule has 112 valence electrons.